The van der Waals surface area contributed by atoms with E-state index < -0.39 is 0 Å². The monoisotopic (exact) mass is 310 g/mol. The average Bonchev–Trinajstić information content (AvgIpc) is 2.58. The van der Waals surface area contributed by atoms with Gasteiger partial charge >= 0.3 is 0 Å². The van der Waals surface area contributed by atoms with E-state index in [4.69, 9.17) is 0 Å². The molecule has 5 heteroatoms. The quantitative estimate of drug-likeness (QED) is 0.815. The molecular formula is C13H12BrFN2O. The number of ketones is 1. The second-order valence-electron chi connectivity index (χ2n) is 4.07. The smallest absolute Gasteiger partial charge is 0.184 e. The van der Waals surface area contributed by atoms with Crippen LogP contribution >= 0.6 is 15.9 Å². The number of aromatic nitrogens is 2. The van der Waals surface area contributed by atoms with Gasteiger partial charge in [-0.05, 0) is 54.0 Å². The lowest BCUT2D eigenvalue weighted by atomic mass is 10.1. The molecule has 0 aliphatic heterocycles. The number of aryl methyl sites for hydroxylation is 1. The van der Waals surface area contributed by atoms with E-state index in [-0.39, 0.29) is 18.1 Å². The maximum atomic E-state index is 12.8. The van der Waals surface area contributed by atoms with Gasteiger partial charge in [0.1, 0.15) is 12.4 Å². The second kappa shape index (κ2) is 5.02. The Morgan fingerprint density at radius 1 is 1.33 bits per heavy atom. The largest absolute Gasteiger partial charge is 0.292 e. The Balaban J connectivity index is 2.21. The predicted molar refractivity (Wildman–Crippen MR) is 70.1 cm³/mol. The van der Waals surface area contributed by atoms with E-state index in [1.807, 2.05) is 13.8 Å². The zero-order valence-corrected chi connectivity index (χ0v) is 11.7. The molecule has 0 radical (unpaired) electrons. The van der Waals surface area contributed by atoms with Gasteiger partial charge in [0.25, 0.3) is 0 Å². The predicted octanol–water partition coefficient (Wildman–Crippen LogP) is 3.28. The topological polar surface area (TPSA) is 34.9 Å². The van der Waals surface area contributed by atoms with Gasteiger partial charge in [0.2, 0.25) is 0 Å². The lowest BCUT2D eigenvalue weighted by molar-refractivity contribution is 0.0966. The van der Waals surface area contributed by atoms with Crippen molar-refractivity contribution < 1.29 is 9.18 Å². The Morgan fingerprint density at radius 3 is 2.44 bits per heavy atom. The minimum absolute atomic E-state index is 0.0897. The summed E-state index contributed by atoms with van der Waals surface area (Å²) < 4.78 is 15.3. The number of hydrogen-bond donors (Lipinski definition) is 0. The van der Waals surface area contributed by atoms with Gasteiger partial charge in [-0.3, -0.25) is 9.48 Å². The lowest BCUT2D eigenvalue weighted by Crippen LogP contribution is -2.13. The number of carbonyl (C=O) groups is 1. The van der Waals surface area contributed by atoms with Crippen LogP contribution in [0.5, 0.6) is 0 Å². The lowest BCUT2D eigenvalue weighted by Gasteiger charge is -2.04. The highest BCUT2D eigenvalue weighted by Crippen LogP contribution is 2.20. The second-order valence-corrected chi connectivity index (χ2v) is 4.87. The van der Waals surface area contributed by atoms with E-state index in [9.17, 15) is 9.18 Å². The number of halogens is 2. The zero-order valence-electron chi connectivity index (χ0n) is 10.1. The van der Waals surface area contributed by atoms with Gasteiger partial charge in [0.15, 0.2) is 5.78 Å². The molecule has 18 heavy (non-hydrogen) atoms. The van der Waals surface area contributed by atoms with Crippen LogP contribution in [0.15, 0.2) is 28.7 Å². The van der Waals surface area contributed by atoms with Crippen LogP contribution in [-0.4, -0.2) is 15.6 Å². The SMILES string of the molecule is Cc1nn(CC(=O)c2ccc(F)cc2)c(C)c1Br. The highest BCUT2D eigenvalue weighted by atomic mass is 79.9. The summed E-state index contributed by atoms with van der Waals surface area (Å²) in [5.41, 5.74) is 2.24. The van der Waals surface area contributed by atoms with Crippen molar-refractivity contribution in [3.63, 3.8) is 0 Å². The molecule has 1 aromatic heterocycles. The molecule has 94 valence electrons. The van der Waals surface area contributed by atoms with Gasteiger partial charge in [-0.1, -0.05) is 0 Å². The van der Waals surface area contributed by atoms with Gasteiger partial charge in [-0.15, -0.1) is 0 Å². The molecule has 0 amide bonds. The number of benzene rings is 1. The zero-order chi connectivity index (χ0) is 13.3. The summed E-state index contributed by atoms with van der Waals surface area (Å²) in [4.78, 5) is 12.0. The fraction of sp³-hybridized carbons (Fsp3) is 0.231. The first kappa shape index (κ1) is 13.0. The van der Waals surface area contributed by atoms with Crippen LogP contribution < -0.4 is 0 Å². The van der Waals surface area contributed by atoms with Crippen LogP contribution in [-0.2, 0) is 6.54 Å². The molecule has 0 bridgehead atoms. The molecule has 0 fully saturated rings. The van der Waals surface area contributed by atoms with Gasteiger partial charge in [0, 0.05) is 5.56 Å². The molecule has 1 aromatic carbocycles. The minimum Gasteiger partial charge on any atom is -0.292 e. The van der Waals surface area contributed by atoms with Crippen molar-refractivity contribution in [2.75, 3.05) is 0 Å². The average molecular weight is 311 g/mol. The molecule has 0 aliphatic rings. The van der Waals surface area contributed by atoms with Crippen molar-refractivity contribution in [1.29, 1.82) is 0 Å². The molecule has 2 aromatic rings. The molecule has 1 heterocycles. The van der Waals surface area contributed by atoms with E-state index in [0.29, 0.717) is 5.56 Å². The fourth-order valence-corrected chi connectivity index (χ4v) is 1.98. The number of rotatable bonds is 3. The fourth-order valence-electron chi connectivity index (χ4n) is 1.69. The summed E-state index contributed by atoms with van der Waals surface area (Å²) in [5, 5.41) is 4.27. The van der Waals surface area contributed by atoms with Crippen molar-refractivity contribution in [1.82, 2.24) is 9.78 Å². The molecular weight excluding hydrogens is 299 g/mol. The van der Waals surface area contributed by atoms with Gasteiger partial charge in [-0.25, -0.2) is 4.39 Å². The van der Waals surface area contributed by atoms with Crippen molar-refractivity contribution >= 4 is 21.7 Å². The Morgan fingerprint density at radius 2 is 1.94 bits per heavy atom. The third-order valence-electron chi connectivity index (χ3n) is 2.75. The number of nitrogens with zero attached hydrogens (tertiary/aromatic N) is 2. The van der Waals surface area contributed by atoms with Crippen LogP contribution in [0.2, 0.25) is 0 Å². The van der Waals surface area contributed by atoms with Crippen LogP contribution in [0.25, 0.3) is 0 Å². The first-order valence-electron chi connectivity index (χ1n) is 5.47. The Labute approximate surface area is 113 Å². The molecule has 0 unspecified atom stereocenters. The summed E-state index contributed by atoms with van der Waals surface area (Å²) >= 11 is 3.41. The molecule has 2 rings (SSSR count). The van der Waals surface area contributed by atoms with Crippen molar-refractivity contribution in [2.45, 2.75) is 20.4 Å². The van der Waals surface area contributed by atoms with Crippen molar-refractivity contribution in [3.05, 3.63) is 51.5 Å². The first-order valence-corrected chi connectivity index (χ1v) is 6.26. The van der Waals surface area contributed by atoms with Gasteiger partial charge < -0.3 is 0 Å². The van der Waals surface area contributed by atoms with E-state index in [1.54, 1.807) is 4.68 Å². The Kier molecular flexibility index (Phi) is 3.61. The Hall–Kier alpha value is -1.49. The first-order chi connectivity index (χ1) is 8.49. The molecule has 0 saturated carbocycles. The normalized spacial score (nSPS) is 10.7. The van der Waals surface area contributed by atoms with E-state index >= 15 is 0 Å². The molecule has 3 nitrogen and oxygen atoms in total. The summed E-state index contributed by atoms with van der Waals surface area (Å²) in [6.45, 7) is 3.92. The van der Waals surface area contributed by atoms with Crippen LogP contribution in [0, 0.1) is 19.7 Å². The third kappa shape index (κ3) is 2.51. The summed E-state index contributed by atoms with van der Waals surface area (Å²) in [7, 11) is 0. The number of carbonyl (C=O) groups excluding carboxylic acids is 1. The van der Waals surface area contributed by atoms with Crippen LogP contribution in [0.1, 0.15) is 21.7 Å². The molecule has 0 saturated heterocycles. The number of hydrogen-bond acceptors (Lipinski definition) is 2. The molecule has 0 atom stereocenters. The maximum Gasteiger partial charge on any atom is 0.184 e. The third-order valence-corrected chi connectivity index (χ3v) is 3.90. The van der Waals surface area contributed by atoms with Gasteiger partial charge in [0.05, 0.1) is 15.9 Å². The van der Waals surface area contributed by atoms with E-state index in [1.165, 1.54) is 24.3 Å². The van der Waals surface area contributed by atoms with E-state index in [0.717, 1.165) is 15.9 Å². The van der Waals surface area contributed by atoms with Crippen LogP contribution in [0.4, 0.5) is 4.39 Å². The molecule has 0 N–H and O–H groups in total. The minimum atomic E-state index is -0.347. The maximum absolute atomic E-state index is 12.8. The Bertz CT molecular complexity index is 590. The summed E-state index contributed by atoms with van der Waals surface area (Å²) in [5.74, 6) is -0.437. The van der Waals surface area contributed by atoms with E-state index in [2.05, 4.69) is 21.0 Å². The summed E-state index contributed by atoms with van der Waals surface area (Å²) in [6.07, 6.45) is 0. The number of Topliss-reactive ketones (excluding diaryl/α,β-unsaturated/α-hetero) is 1. The summed E-state index contributed by atoms with van der Waals surface area (Å²) in [6, 6.07) is 5.53. The van der Waals surface area contributed by atoms with Crippen LogP contribution in [0.3, 0.4) is 0 Å². The highest BCUT2D eigenvalue weighted by Gasteiger charge is 2.13. The highest BCUT2D eigenvalue weighted by molar-refractivity contribution is 9.10. The van der Waals surface area contributed by atoms with Crippen molar-refractivity contribution in [3.8, 4) is 0 Å². The molecule has 0 spiro atoms. The standard InChI is InChI=1S/C13H12BrFN2O/c1-8-13(14)9(2)17(16-8)7-12(18)10-3-5-11(15)6-4-10/h3-6H,7H2,1-2H3. The van der Waals surface area contributed by atoms with Crippen molar-refractivity contribution in [2.24, 2.45) is 0 Å². The molecule has 0 aliphatic carbocycles. The van der Waals surface area contributed by atoms with Gasteiger partial charge in [-0.2, -0.15) is 5.10 Å².